The molecule has 0 saturated carbocycles. The van der Waals surface area contributed by atoms with Crippen LogP contribution in [0.2, 0.25) is 5.82 Å². The number of hydrogen-bond acceptors (Lipinski definition) is 2. The van der Waals surface area contributed by atoms with Crippen molar-refractivity contribution >= 4 is 7.12 Å². The van der Waals surface area contributed by atoms with E-state index in [1.54, 1.807) is 0 Å². The van der Waals surface area contributed by atoms with Crippen molar-refractivity contribution in [1.29, 1.82) is 0 Å². The van der Waals surface area contributed by atoms with Crippen LogP contribution in [-0.2, 0) is 15.7 Å². The van der Waals surface area contributed by atoms with Crippen LogP contribution >= 0.6 is 0 Å². The fourth-order valence-electron chi connectivity index (χ4n) is 2.83. The van der Waals surface area contributed by atoms with E-state index in [0.29, 0.717) is 11.7 Å². The molecule has 0 unspecified atom stereocenters. The summed E-state index contributed by atoms with van der Waals surface area (Å²) in [5, 5.41) is 0. The van der Waals surface area contributed by atoms with Crippen molar-refractivity contribution in [3.8, 4) is 0 Å². The summed E-state index contributed by atoms with van der Waals surface area (Å²) in [5.74, 6) is 0.967. The van der Waals surface area contributed by atoms with Crippen molar-refractivity contribution in [2.24, 2.45) is 5.92 Å². The molecular weight excluding hydrogens is 259 g/mol. The summed E-state index contributed by atoms with van der Waals surface area (Å²) in [6.45, 7) is 13.0. The fraction of sp³-hybridized carbons (Fsp3) is 0.667. The average molecular weight is 288 g/mol. The highest BCUT2D eigenvalue weighted by Crippen LogP contribution is 2.43. The summed E-state index contributed by atoms with van der Waals surface area (Å²) < 4.78 is 12.5. The Morgan fingerprint density at radius 2 is 1.48 bits per heavy atom. The predicted molar refractivity (Wildman–Crippen MR) is 89.4 cm³/mol. The summed E-state index contributed by atoms with van der Waals surface area (Å²) >= 11 is 0. The van der Waals surface area contributed by atoms with Crippen LogP contribution in [0, 0.1) is 5.92 Å². The Hall–Kier alpha value is -0.795. The number of benzene rings is 1. The van der Waals surface area contributed by atoms with Gasteiger partial charge >= 0.3 is 7.12 Å². The third-order valence-electron chi connectivity index (χ3n) is 5.09. The normalized spacial score (nSPS) is 21.8. The zero-order valence-electron chi connectivity index (χ0n) is 14.3. The first kappa shape index (κ1) is 16.6. The smallest absolute Gasteiger partial charge is 0.403 e. The molecule has 0 amide bonds. The summed E-state index contributed by atoms with van der Waals surface area (Å²) in [6.07, 6.45) is 2.17. The molecule has 1 aromatic carbocycles. The lowest BCUT2D eigenvalue weighted by atomic mass is 9.63. The van der Waals surface area contributed by atoms with E-state index in [2.05, 4.69) is 71.9 Å². The van der Waals surface area contributed by atoms with E-state index in [-0.39, 0.29) is 18.3 Å². The molecule has 0 radical (unpaired) electrons. The topological polar surface area (TPSA) is 18.5 Å². The van der Waals surface area contributed by atoms with E-state index >= 15 is 0 Å². The Kier molecular flexibility index (Phi) is 4.84. The molecule has 1 heterocycles. The molecule has 21 heavy (non-hydrogen) atoms. The van der Waals surface area contributed by atoms with Crippen molar-refractivity contribution < 1.29 is 9.31 Å². The standard InChI is InChI=1S/C18H29BO2/c1-14(2)16(13-12-15-10-8-7-9-11-15)19-20-17(3,4)18(5,6)21-19/h7-11,14,16H,12-13H2,1-6H3/t16-/m1/s1. The predicted octanol–water partition coefficient (Wildman–Crippen LogP) is 4.74. The van der Waals surface area contributed by atoms with Gasteiger partial charge in [-0.25, -0.2) is 0 Å². The van der Waals surface area contributed by atoms with Gasteiger partial charge in [0.1, 0.15) is 0 Å². The highest BCUT2D eigenvalue weighted by atomic mass is 16.7. The molecule has 1 aromatic rings. The SMILES string of the molecule is CC(C)[C@@H](CCc1ccccc1)B1OC(C)(C)C(C)(C)O1. The van der Waals surface area contributed by atoms with Crippen molar-refractivity contribution in [2.45, 2.75) is 71.4 Å². The first-order chi connectivity index (χ1) is 9.73. The maximum atomic E-state index is 6.25. The summed E-state index contributed by atoms with van der Waals surface area (Å²) in [5.41, 5.74) is 0.912. The van der Waals surface area contributed by atoms with E-state index < -0.39 is 0 Å². The van der Waals surface area contributed by atoms with Gasteiger partial charge in [0.15, 0.2) is 0 Å². The van der Waals surface area contributed by atoms with Crippen LogP contribution in [0.15, 0.2) is 30.3 Å². The van der Waals surface area contributed by atoms with Gasteiger partial charge in [0.2, 0.25) is 0 Å². The molecule has 1 fully saturated rings. The van der Waals surface area contributed by atoms with Gasteiger partial charge in [-0.2, -0.15) is 0 Å². The number of rotatable bonds is 5. The average Bonchev–Trinajstić information content (AvgIpc) is 2.59. The summed E-state index contributed by atoms with van der Waals surface area (Å²) in [6, 6.07) is 10.7. The van der Waals surface area contributed by atoms with Crippen molar-refractivity contribution in [2.75, 3.05) is 0 Å². The number of hydrogen-bond donors (Lipinski definition) is 0. The van der Waals surface area contributed by atoms with E-state index in [9.17, 15) is 0 Å². The molecular formula is C18H29BO2. The van der Waals surface area contributed by atoms with Gasteiger partial charge in [-0.3, -0.25) is 0 Å². The minimum atomic E-state index is -0.239. The van der Waals surface area contributed by atoms with Crippen LogP contribution in [0.25, 0.3) is 0 Å². The summed E-state index contributed by atoms with van der Waals surface area (Å²) in [7, 11) is -0.0984. The second-order valence-electron chi connectivity index (χ2n) is 7.56. The lowest BCUT2D eigenvalue weighted by Gasteiger charge is -2.32. The molecule has 0 aromatic heterocycles. The Balaban J connectivity index is 2.04. The van der Waals surface area contributed by atoms with E-state index in [0.717, 1.165) is 12.8 Å². The van der Waals surface area contributed by atoms with Gasteiger partial charge < -0.3 is 9.31 Å². The van der Waals surface area contributed by atoms with Gasteiger partial charge in [-0.1, -0.05) is 44.2 Å². The molecule has 0 spiro atoms. The lowest BCUT2D eigenvalue weighted by molar-refractivity contribution is 0.00578. The Bertz CT molecular complexity index is 438. The van der Waals surface area contributed by atoms with Crippen molar-refractivity contribution in [1.82, 2.24) is 0 Å². The van der Waals surface area contributed by atoms with Crippen LogP contribution in [0.1, 0.15) is 53.5 Å². The van der Waals surface area contributed by atoms with Crippen LogP contribution < -0.4 is 0 Å². The Morgan fingerprint density at radius 3 is 1.95 bits per heavy atom. The third-order valence-corrected chi connectivity index (χ3v) is 5.09. The van der Waals surface area contributed by atoms with E-state index in [1.165, 1.54) is 5.56 Å². The molecule has 3 heteroatoms. The minimum Gasteiger partial charge on any atom is -0.403 e. The second-order valence-corrected chi connectivity index (χ2v) is 7.56. The van der Waals surface area contributed by atoms with Gasteiger partial charge in [-0.15, -0.1) is 0 Å². The van der Waals surface area contributed by atoms with Crippen LogP contribution in [0.3, 0.4) is 0 Å². The molecule has 1 aliphatic rings. The fourth-order valence-corrected chi connectivity index (χ4v) is 2.83. The highest BCUT2D eigenvalue weighted by molar-refractivity contribution is 6.47. The first-order valence-corrected chi connectivity index (χ1v) is 8.12. The van der Waals surface area contributed by atoms with Crippen LogP contribution in [-0.4, -0.2) is 18.3 Å². The van der Waals surface area contributed by atoms with Gasteiger partial charge in [0, 0.05) is 0 Å². The molecule has 1 saturated heterocycles. The van der Waals surface area contributed by atoms with E-state index in [1.807, 2.05) is 0 Å². The molecule has 0 bridgehead atoms. The van der Waals surface area contributed by atoms with Crippen molar-refractivity contribution in [3.05, 3.63) is 35.9 Å². The maximum Gasteiger partial charge on any atom is 0.461 e. The molecule has 116 valence electrons. The maximum absolute atomic E-state index is 6.25. The minimum absolute atomic E-state index is 0.0984. The van der Waals surface area contributed by atoms with Gasteiger partial charge in [0.25, 0.3) is 0 Å². The molecule has 0 N–H and O–H groups in total. The molecule has 0 aliphatic carbocycles. The second kappa shape index (κ2) is 6.14. The zero-order chi connectivity index (χ0) is 15.7. The van der Waals surface area contributed by atoms with Crippen LogP contribution in [0.5, 0.6) is 0 Å². The monoisotopic (exact) mass is 288 g/mol. The van der Waals surface area contributed by atoms with Crippen LogP contribution in [0.4, 0.5) is 0 Å². The Labute approximate surface area is 130 Å². The molecule has 1 aliphatic heterocycles. The third kappa shape index (κ3) is 3.70. The molecule has 2 rings (SSSR count). The first-order valence-electron chi connectivity index (χ1n) is 8.12. The van der Waals surface area contributed by atoms with Gasteiger partial charge in [0.05, 0.1) is 11.2 Å². The quantitative estimate of drug-likeness (QED) is 0.729. The van der Waals surface area contributed by atoms with Gasteiger partial charge in [-0.05, 0) is 57.8 Å². The number of aryl methyl sites for hydroxylation is 1. The summed E-state index contributed by atoms with van der Waals surface area (Å²) in [4.78, 5) is 0. The lowest BCUT2D eigenvalue weighted by Crippen LogP contribution is -2.41. The Morgan fingerprint density at radius 1 is 0.952 bits per heavy atom. The zero-order valence-corrected chi connectivity index (χ0v) is 14.3. The molecule has 1 atom stereocenters. The molecule has 2 nitrogen and oxygen atoms in total. The van der Waals surface area contributed by atoms with E-state index in [4.69, 9.17) is 9.31 Å². The van der Waals surface area contributed by atoms with Crippen molar-refractivity contribution in [3.63, 3.8) is 0 Å². The largest absolute Gasteiger partial charge is 0.461 e. The highest BCUT2D eigenvalue weighted by Gasteiger charge is 2.53.